The molecule has 1 fully saturated rings. The highest BCUT2D eigenvalue weighted by atomic mass is 32.2. The molecular formula is C19H20N2O5S. The molecule has 2 aromatic rings. The molecule has 0 aromatic heterocycles. The highest BCUT2D eigenvalue weighted by Gasteiger charge is 2.34. The average molecular weight is 388 g/mol. The minimum Gasteiger partial charge on any atom is -0.493 e. The molecule has 2 amide bonds. The molecule has 8 heteroatoms. The molecule has 0 bridgehead atoms. The summed E-state index contributed by atoms with van der Waals surface area (Å²) >= 11 is 1.46. The van der Waals surface area contributed by atoms with E-state index < -0.39 is 5.91 Å². The van der Waals surface area contributed by atoms with Gasteiger partial charge in [-0.3, -0.25) is 15.0 Å². The van der Waals surface area contributed by atoms with Crippen LogP contribution in [0.2, 0.25) is 0 Å². The van der Waals surface area contributed by atoms with E-state index in [-0.39, 0.29) is 11.3 Å². The Morgan fingerprint density at radius 3 is 2.26 bits per heavy atom. The van der Waals surface area contributed by atoms with Crippen molar-refractivity contribution >= 4 is 23.6 Å². The number of carbonyl (C=O) groups is 2. The molecule has 0 saturated carbocycles. The molecule has 1 aliphatic heterocycles. The maximum atomic E-state index is 12.8. The van der Waals surface area contributed by atoms with Crippen LogP contribution in [0.3, 0.4) is 0 Å². The van der Waals surface area contributed by atoms with Crippen LogP contribution in [0.5, 0.6) is 17.2 Å². The molecule has 0 radical (unpaired) electrons. The van der Waals surface area contributed by atoms with Gasteiger partial charge in [-0.2, -0.15) is 0 Å². The van der Waals surface area contributed by atoms with E-state index in [0.717, 1.165) is 5.56 Å². The number of carbonyl (C=O) groups excluding carboxylic acids is 2. The fraction of sp³-hybridized carbons (Fsp3) is 0.263. The molecular weight excluding hydrogens is 368 g/mol. The van der Waals surface area contributed by atoms with E-state index in [2.05, 4.69) is 5.43 Å². The van der Waals surface area contributed by atoms with Gasteiger partial charge in [-0.15, -0.1) is 11.8 Å². The molecule has 1 aliphatic rings. The van der Waals surface area contributed by atoms with Gasteiger partial charge in [0.15, 0.2) is 11.5 Å². The summed E-state index contributed by atoms with van der Waals surface area (Å²) in [6.07, 6.45) is 0. The van der Waals surface area contributed by atoms with E-state index in [4.69, 9.17) is 14.2 Å². The lowest BCUT2D eigenvalue weighted by Gasteiger charge is -2.25. The quantitative estimate of drug-likeness (QED) is 0.820. The van der Waals surface area contributed by atoms with Gasteiger partial charge in [-0.25, -0.2) is 5.01 Å². The molecule has 27 heavy (non-hydrogen) atoms. The lowest BCUT2D eigenvalue weighted by Crippen LogP contribution is -2.44. The van der Waals surface area contributed by atoms with Crippen molar-refractivity contribution in [2.24, 2.45) is 0 Å². The number of benzene rings is 2. The van der Waals surface area contributed by atoms with Gasteiger partial charge in [-0.05, 0) is 17.7 Å². The summed E-state index contributed by atoms with van der Waals surface area (Å²) in [5.41, 5.74) is 3.94. The summed E-state index contributed by atoms with van der Waals surface area (Å²) in [6.45, 7) is 0. The normalized spacial score (nSPS) is 16.2. The molecule has 0 spiro atoms. The standard InChI is InChI=1S/C19H20N2O5S/c1-24-14-9-13(10-15(25-2)17(14)26-3)18(23)20-21-16(22)11-27-19(21)12-7-5-4-6-8-12/h4-10,19H,11H2,1-3H3,(H,20,23). The Morgan fingerprint density at radius 2 is 1.70 bits per heavy atom. The molecule has 1 unspecified atom stereocenters. The highest BCUT2D eigenvalue weighted by molar-refractivity contribution is 8.00. The van der Waals surface area contributed by atoms with Crippen molar-refractivity contribution in [1.29, 1.82) is 0 Å². The first-order valence-electron chi connectivity index (χ1n) is 8.18. The Hall–Kier alpha value is -2.87. The van der Waals surface area contributed by atoms with Crippen LogP contribution in [0.4, 0.5) is 0 Å². The largest absolute Gasteiger partial charge is 0.493 e. The summed E-state index contributed by atoms with van der Waals surface area (Å²) in [5, 5.41) is 1.09. The first-order chi connectivity index (χ1) is 13.1. The molecule has 1 N–H and O–H groups in total. The van der Waals surface area contributed by atoms with Gasteiger partial charge in [0.25, 0.3) is 11.8 Å². The number of methoxy groups -OCH3 is 3. The number of ether oxygens (including phenoxy) is 3. The third-order valence-corrected chi connectivity index (χ3v) is 5.31. The first-order valence-corrected chi connectivity index (χ1v) is 9.23. The van der Waals surface area contributed by atoms with Crippen molar-refractivity contribution in [3.05, 3.63) is 53.6 Å². The van der Waals surface area contributed by atoms with Crippen LogP contribution in [0.25, 0.3) is 0 Å². The van der Waals surface area contributed by atoms with E-state index in [1.807, 2.05) is 30.3 Å². The molecule has 1 saturated heterocycles. The SMILES string of the molecule is COc1cc(C(=O)NN2C(=O)CSC2c2ccccc2)cc(OC)c1OC. The molecule has 142 valence electrons. The summed E-state index contributed by atoms with van der Waals surface area (Å²) in [6, 6.07) is 12.6. The number of amides is 2. The monoisotopic (exact) mass is 388 g/mol. The molecule has 2 aromatic carbocycles. The van der Waals surface area contributed by atoms with E-state index in [1.165, 1.54) is 38.1 Å². The van der Waals surface area contributed by atoms with Gasteiger partial charge < -0.3 is 14.2 Å². The molecule has 3 rings (SSSR count). The van der Waals surface area contributed by atoms with Crippen LogP contribution in [0.15, 0.2) is 42.5 Å². The smallest absolute Gasteiger partial charge is 0.270 e. The summed E-state index contributed by atoms with van der Waals surface area (Å²) in [5.74, 6) is 0.828. The maximum Gasteiger partial charge on any atom is 0.270 e. The molecule has 1 heterocycles. The van der Waals surface area contributed by atoms with Crippen molar-refractivity contribution in [2.75, 3.05) is 27.1 Å². The fourth-order valence-electron chi connectivity index (χ4n) is 2.80. The van der Waals surface area contributed by atoms with Gasteiger partial charge in [0.2, 0.25) is 5.75 Å². The zero-order chi connectivity index (χ0) is 19.4. The molecule has 0 aliphatic carbocycles. The van der Waals surface area contributed by atoms with E-state index in [1.54, 1.807) is 12.1 Å². The number of thioether (sulfide) groups is 1. The van der Waals surface area contributed by atoms with Crippen molar-refractivity contribution in [3.63, 3.8) is 0 Å². The topological polar surface area (TPSA) is 77.1 Å². The zero-order valence-corrected chi connectivity index (χ0v) is 16.0. The van der Waals surface area contributed by atoms with Crippen LogP contribution in [-0.2, 0) is 4.79 Å². The summed E-state index contributed by atoms with van der Waals surface area (Å²) in [7, 11) is 4.45. The molecule has 1 atom stereocenters. The van der Waals surface area contributed by atoms with Crippen LogP contribution >= 0.6 is 11.8 Å². The molecule has 7 nitrogen and oxygen atoms in total. The second-order valence-electron chi connectivity index (χ2n) is 5.69. The zero-order valence-electron chi connectivity index (χ0n) is 15.2. The van der Waals surface area contributed by atoms with Gasteiger partial charge in [-0.1, -0.05) is 30.3 Å². The Morgan fingerprint density at radius 1 is 1.07 bits per heavy atom. The number of nitrogens with one attached hydrogen (secondary N) is 1. The van der Waals surface area contributed by atoms with Crippen LogP contribution in [0.1, 0.15) is 21.3 Å². The van der Waals surface area contributed by atoms with Crippen LogP contribution in [0, 0.1) is 0 Å². The third kappa shape index (κ3) is 3.80. The van der Waals surface area contributed by atoms with Crippen molar-refractivity contribution in [2.45, 2.75) is 5.37 Å². The minimum absolute atomic E-state index is 0.158. The van der Waals surface area contributed by atoms with E-state index in [9.17, 15) is 9.59 Å². The summed E-state index contributed by atoms with van der Waals surface area (Å²) in [4.78, 5) is 25.1. The summed E-state index contributed by atoms with van der Waals surface area (Å²) < 4.78 is 15.8. The number of nitrogens with zero attached hydrogens (tertiary/aromatic N) is 1. The second kappa shape index (κ2) is 8.22. The number of hydrogen-bond acceptors (Lipinski definition) is 6. The van der Waals surface area contributed by atoms with Gasteiger partial charge in [0, 0.05) is 5.56 Å². The van der Waals surface area contributed by atoms with Crippen LogP contribution in [-0.4, -0.2) is 43.9 Å². The Balaban J connectivity index is 1.87. The predicted octanol–water partition coefficient (Wildman–Crippen LogP) is 2.63. The average Bonchev–Trinajstić information content (AvgIpc) is 3.07. The minimum atomic E-state index is -0.439. The Bertz CT molecular complexity index is 818. The fourth-order valence-corrected chi connectivity index (χ4v) is 3.90. The van der Waals surface area contributed by atoms with Crippen LogP contribution < -0.4 is 19.6 Å². The third-order valence-electron chi connectivity index (χ3n) is 4.10. The number of hydrazine groups is 1. The Labute approximate surface area is 161 Å². The van der Waals surface area contributed by atoms with E-state index >= 15 is 0 Å². The number of hydrogen-bond donors (Lipinski definition) is 1. The van der Waals surface area contributed by atoms with E-state index in [0.29, 0.717) is 28.6 Å². The van der Waals surface area contributed by atoms with Crippen molar-refractivity contribution in [3.8, 4) is 17.2 Å². The second-order valence-corrected chi connectivity index (χ2v) is 6.76. The highest BCUT2D eigenvalue weighted by Crippen LogP contribution is 2.39. The number of rotatable bonds is 6. The van der Waals surface area contributed by atoms with Gasteiger partial charge in [0.05, 0.1) is 27.1 Å². The first kappa shape index (κ1) is 18.9. The Kier molecular flexibility index (Phi) is 5.75. The van der Waals surface area contributed by atoms with Crippen molar-refractivity contribution in [1.82, 2.24) is 10.4 Å². The predicted molar refractivity (Wildman–Crippen MR) is 102 cm³/mol. The van der Waals surface area contributed by atoms with Crippen molar-refractivity contribution < 1.29 is 23.8 Å². The lowest BCUT2D eigenvalue weighted by atomic mass is 10.1. The van der Waals surface area contributed by atoms with Gasteiger partial charge >= 0.3 is 0 Å². The maximum absolute atomic E-state index is 12.8. The lowest BCUT2D eigenvalue weighted by molar-refractivity contribution is -0.130. The van der Waals surface area contributed by atoms with Gasteiger partial charge in [0.1, 0.15) is 5.37 Å².